The van der Waals surface area contributed by atoms with Crippen LogP contribution >= 0.6 is 0 Å². The molecule has 1 aliphatic carbocycles. The van der Waals surface area contributed by atoms with Crippen LogP contribution in [0.1, 0.15) is 22.3 Å². The quantitative estimate of drug-likeness (QED) is 0.145. The molecule has 64 heavy (non-hydrogen) atoms. The fraction of sp³-hybridized carbons (Fsp3) is 0.0164. The third-order valence-electron chi connectivity index (χ3n) is 12.9. The third kappa shape index (κ3) is 6.05. The normalized spacial score (nSPS) is 12.5. The summed E-state index contributed by atoms with van der Waals surface area (Å²) in [4.78, 5) is 4.77. The molecule has 0 saturated carbocycles. The molecule has 0 unspecified atom stereocenters. The summed E-state index contributed by atoms with van der Waals surface area (Å²) in [5, 5.41) is 2.15. The van der Waals surface area contributed by atoms with Crippen molar-refractivity contribution in [1.82, 2.24) is 0 Å². The van der Waals surface area contributed by atoms with Gasteiger partial charge in [-0.05, 0) is 117 Å². The topological polar surface area (TPSA) is 19.6 Å². The molecule has 0 radical (unpaired) electrons. The first kappa shape index (κ1) is 37.4. The largest absolute Gasteiger partial charge is 0.456 e. The molecule has 0 amide bonds. The van der Waals surface area contributed by atoms with E-state index in [0.29, 0.717) is 0 Å². The monoisotopic (exact) mass is 818 g/mol. The van der Waals surface area contributed by atoms with Gasteiger partial charge in [0, 0.05) is 33.8 Å². The molecule has 0 saturated heterocycles. The number of hydrogen-bond acceptors (Lipinski definition) is 3. The van der Waals surface area contributed by atoms with Crippen LogP contribution in [0.4, 0.5) is 34.1 Å². The molecular formula is C61H42N2O. The second-order valence-electron chi connectivity index (χ2n) is 16.4. The number of hydrogen-bond donors (Lipinski definition) is 0. The Hall–Kier alpha value is -8.40. The number of rotatable bonds is 9. The van der Waals surface area contributed by atoms with Crippen molar-refractivity contribution in [1.29, 1.82) is 0 Å². The molecule has 1 aliphatic rings. The standard InChI is InChI=1S/C61H42N2O/c1-4-19-43(20-5-1)44-37-39-48(40-38-44)62(47-24-8-3-9-25-47)50-27-17-28-51(42-50)63(57-34-18-36-59-60(57)54-31-12-15-35-58(54)64-59)49-26-16-23-46(41-49)61(45-21-6-2-7-22-45)55-32-13-10-29-52(55)53-30-11-14-33-56(53)61/h1-42H. The molecule has 11 aromatic rings. The molecule has 12 rings (SSSR count). The van der Waals surface area contributed by atoms with E-state index in [1.807, 2.05) is 6.07 Å². The van der Waals surface area contributed by atoms with E-state index in [0.717, 1.165) is 56.1 Å². The van der Waals surface area contributed by atoms with E-state index < -0.39 is 5.41 Å². The molecule has 0 aliphatic heterocycles. The van der Waals surface area contributed by atoms with E-state index in [1.54, 1.807) is 0 Å². The summed E-state index contributed by atoms with van der Waals surface area (Å²) < 4.78 is 6.56. The van der Waals surface area contributed by atoms with Gasteiger partial charge in [-0.15, -0.1) is 0 Å². The van der Waals surface area contributed by atoms with Gasteiger partial charge in [-0.1, -0.05) is 182 Å². The first-order valence-corrected chi connectivity index (χ1v) is 21.9. The van der Waals surface area contributed by atoms with Gasteiger partial charge in [0.05, 0.1) is 16.5 Å². The van der Waals surface area contributed by atoms with Crippen LogP contribution in [0.15, 0.2) is 259 Å². The maximum absolute atomic E-state index is 6.56. The Morgan fingerprint density at radius 3 is 1.52 bits per heavy atom. The van der Waals surface area contributed by atoms with Gasteiger partial charge in [-0.2, -0.15) is 0 Å². The van der Waals surface area contributed by atoms with Crippen molar-refractivity contribution < 1.29 is 4.42 Å². The van der Waals surface area contributed by atoms with Crippen molar-refractivity contribution in [3.8, 4) is 22.3 Å². The van der Waals surface area contributed by atoms with E-state index >= 15 is 0 Å². The van der Waals surface area contributed by atoms with E-state index in [2.05, 4.69) is 259 Å². The lowest BCUT2D eigenvalue weighted by Gasteiger charge is -2.35. The highest BCUT2D eigenvalue weighted by Crippen LogP contribution is 2.57. The average Bonchev–Trinajstić information content (AvgIpc) is 3.90. The Morgan fingerprint density at radius 2 is 0.797 bits per heavy atom. The number of benzene rings is 10. The van der Waals surface area contributed by atoms with Crippen LogP contribution in [-0.4, -0.2) is 0 Å². The predicted octanol–water partition coefficient (Wildman–Crippen LogP) is 16.6. The second kappa shape index (κ2) is 15.5. The van der Waals surface area contributed by atoms with Crippen molar-refractivity contribution in [2.75, 3.05) is 9.80 Å². The van der Waals surface area contributed by atoms with Crippen LogP contribution in [0, 0.1) is 0 Å². The second-order valence-corrected chi connectivity index (χ2v) is 16.4. The van der Waals surface area contributed by atoms with E-state index in [-0.39, 0.29) is 0 Å². The molecule has 1 heterocycles. The third-order valence-corrected chi connectivity index (χ3v) is 12.9. The van der Waals surface area contributed by atoms with Gasteiger partial charge in [0.1, 0.15) is 11.2 Å². The maximum atomic E-state index is 6.56. The summed E-state index contributed by atoms with van der Waals surface area (Å²) in [6, 6.07) is 91.9. The minimum absolute atomic E-state index is 0.553. The summed E-state index contributed by atoms with van der Waals surface area (Å²) in [7, 11) is 0. The SMILES string of the molecule is c1ccc(-c2ccc(N(c3ccccc3)c3cccc(N(c4cccc(C5(c6ccccc6)c6ccccc6-c6ccccc65)c4)c4cccc5oc6ccccc6c45)c3)cc2)cc1. The molecule has 0 N–H and O–H groups in total. The maximum Gasteiger partial charge on any atom is 0.137 e. The molecule has 3 nitrogen and oxygen atoms in total. The van der Waals surface area contributed by atoms with E-state index in [4.69, 9.17) is 4.42 Å². The van der Waals surface area contributed by atoms with Crippen molar-refractivity contribution >= 4 is 56.1 Å². The van der Waals surface area contributed by atoms with Crippen LogP contribution < -0.4 is 9.80 Å². The fourth-order valence-corrected chi connectivity index (χ4v) is 10.2. The number of para-hydroxylation sites is 2. The Labute approximate surface area is 373 Å². The van der Waals surface area contributed by atoms with Crippen LogP contribution in [0.3, 0.4) is 0 Å². The molecule has 0 bridgehead atoms. The van der Waals surface area contributed by atoms with E-state index in [9.17, 15) is 0 Å². The lowest BCUT2D eigenvalue weighted by molar-refractivity contribution is 0.669. The zero-order valence-corrected chi connectivity index (χ0v) is 35.1. The van der Waals surface area contributed by atoms with Crippen LogP contribution in [0.25, 0.3) is 44.2 Å². The van der Waals surface area contributed by atoms with Gasteiger partial charge < -0.3 is 14.2 Å². The predicted molar refractivity (Wildman–Crippen MR) is 266 cm³/mol. The highest BCUT2D eigenvalue weighted by atomic mass is 16.3. The summed E-state index contributed by atoms with van der Waals surface area (Å²) in [5.74, 6) is 0. The molecule has 0 fully saturated rings. The van der Waals surface area contributed by atoms with Crippen molar-refractivity contribution in [2.45, 2.75) is 5.41 Å². The van der Waals surface area contributed by atoms with Crippen molar-refractivity contribution in [2.24, 2.45) is 0 Å². The molecule has 1 aromatic heterocycles. The van der Waals surface area contributed by atoms with Gasteiger partial charge in [0.2, 0.25) is 0 Å². The van der Waals surface area contributed by atoms with Gasteiger partial charge in [0.25, 0.3) is 0 Å². The summed E-state index contributed by atoms with van der Waals surface area (Å²) in [6.45, 7) is 0. The van der Waals surface area contributed by atoms with Crippen LogP contribution in [0.2, 0.25) is 0 Å². The van der Waals surface area contributed by atoms with Gasteiger partial charge >= 0.3 is 0 Å². The zero-order valence-electron chi connectivity index (χ0n) is 35.1. The molecule has 302 valence electrons. The first-order chi connectivity index (χ1) is 31.8. The minimum atomic E-state index is -0.553. The lowest BCUT2D eigenvalue weighted by Crippen LogP contribution is -2.28. The van der Waals surface area contributed by atoms with Crippen molar-refractivity contribution in [3.05, 3.63) is 277 Å². The zero-order chi connectivity index (χ0) is 42.5. The molecule has 3 heteroatoms. The Morgan fingerprint density at radius 1 is 0.312 bits per heavy atom. The number of fused-ring (bicyclic) bond motifs is 6. The van der Waals surface area contributed by atoms with Gasteiger partial charge in [-0.3, -0.25) is 0 Å². The van der Waals surface area contributed by atoms with Crippen molar-refractivity contribution in [3.63, 3.8) is 0 Å². The summed E-state index contributed by atoms with van der Waals surface area (Å²) in [5.41, 5.74) is 17.4. The summed E-state index contributed by atoms with van der Waals surface area (Å²) >= 11 is 0. The Balaban J connectivity index is 1.09. The fourth-order valence-electron chi connectivity index (χ4n) is 10.2. The van der Waals surface area contributed by atoms with E-state index in [1.165, 1.54) is 44.5 Å². The van der Waals surface area contributed by atoms with Gasteiger partial charge in [0.15, 0.2) is 0 Å². The highest BCUT2D eigenvalue weighted by Gasteiger charge is 2.46. The minimum Gasteiger partial charge on any atom is -0.456 e. The smallest absolute Gasteiger partial charge is 0.137 e. The Kier molecular flexibility index (Phi) is 9.05. The lowest BCUT2D eigenvalue weighted by atomic mass is 9.67. The van der Waals surface area contributed by atoms with Crippen LogP contribution in [-0.2, 0) is 5.41 Å². The number of anilines is 6. The molecule has 0 spiro atoms. The highest BCUT2D eigenvalue weighted by molar-refractivity contribution is 6.13. The van der Waals surface area contributed by atoms with Gasteiger partial charge in [-0.25, -0.2) is 0 Å². The first-order valence-electron chi connectivity index (χ1n) is 21.9. The molecule has 0 atom stereocenters. The number of furan rings is 1. The summed E-state index contributed by atoms with van der Waals surface area (Å²) in [6.07, 6.45) is 0. The molecular weight excluding hydrogens is 777 g/mol. The average molecular weight is 819 g/mol. The Bertz CT molecular complexity index is 3400. The molecule has 10 aromatic carbocycles. The number of nitrogens with zero attached hydrogens (tertiary/aromatic N) is 2. The van der Waals surface area contributed by atoms with Crippen LogP contribution in [0.5, 0.6) is 0 Å².